The van der Waals surface area contributed by atoms with E-state index in [0.717, 1.165) is 31.7 Å². The van der Waals surface area contributed by atoms with Crippen molar-refractivity contribution in [1.29, 1.82) is 0 Å². The molecule has 0 amide bonds. The van der Waals surface area contributed by atoms with E-state index < -0.39 is 13.3 Å². The monoisotopic (exact) mass is 324 g/mol. The van der Waals surface area contributed by atoms with Gasteiger partial charge in [0.1, 0.15) is 5.75 Å². The molecule has 3 nitrogen and oxygen atoms in total. The third-order valence-electron chi connectivity index (χ3n) is 3.46. The standard InChI is InChI=1S/C14H19F3N2O.ClH/c15-6-5-13(19-9-7-18-8-10-19)11-1-3-12(4-2-11)20-14(16)17;/h1-4,13-14,18H,5-10H2;1H/t13-;/m1./s1. The molecule has 0 spiro atoms. The zero-order valence-corrected chi connectivity index (χ0v) is 12.4. The van der Waals surface area contributed by atoms with E-state index in [2.05, 4.69) is 15.0 Å². The van der Waals surface area contributed by atoms with Crippen molar-refractivity contribution in [2.75, 3.05) is 32.9 Å². The summed E-state index contributed by atoms with van der Waals surface area (Å²) in [5.74, 6) is 0.128. The van der Waals surface area contributed by atoms with Crippen molar-refractivity contribution in [3.63, 3.8) is 0 Å². The Bertz CT molecular complexity index is 400. The normalized spacial score (nSPS) is 17.3. The minimum Gasteiger partial charge on any atom is -0.435 e. The molecule has 0 unspecified atom stereocenters. The van der Waals surface area contributed by atoms with Gasteiger partial charge in [0.2, 0.25) is 0 Å². The highest BCUT2D eigenvalue weighted by Gasteiger charge is 2.22. The van der Waals surface area contributed by atoms with Crippen LogP contribution in [0.25, 0.3) is 0 Å². The fourth-order valence-electron chi connectivity index (χ4n) is 2.53. The molecule has 1 aliphatic rings. The third kappa shape index (κ3) is 5.37. The van der Waals surface area contributed by atoms with E-state index in [9.17, 15) is 13.2 Å². The van der Waals surface area contributed by atoms with Crippen molar-refractivity contribution < 1.29 is 17.9 Å². The molecule has 0 radical (unpaired) electrons. The van der Waals surface area contributed by atoms with Crippen LogP contribution in [0.2, 0.25) is 0 Å². The Hall–Kier alpha value is -0.980. The predicted octanol–water partition coefficient (Wildman–Crippen LogP) is 3.02. The highest BCUT2D eigenvalue weighted by molar-refractivity contribution is 5.85. The van der Waals surface area contributed by atoms with Crippen LogP contribution in [0, 0.1) is 0 Å². The average molecular weight is 325 g/mol. The molecule has 1 heterocycles. The molecule has 21 heavy (non-hydrogen) atoms. The van der Waals surface area contributed by atoms with Gasteiger partial charge >= 0.3 is 6.61 Å². The molecular formula is C14H20ClF3N2O. The minimum atomic E-state index is -2.82. The molecule has 0 aromatic heterocycles. The van der Waals surface area contributed by atoms with E-state index in [0.29, 0.717) is 6.42 Å². The smallest absolute Gasteiger partial charge is 0.387 e. The molecule has 1 N–H and O–H groups in total. The van der Waals surface area contributed by atoms with Gasteiger partial charge in [-0.25, -0.2) is 0 Å². The molecule has 2 rings (SSSR count). The summed E-state index contributed by atoms with van der Waals surface area (Å²) < 4.78 is 41.3. The summed E-state index contributed by atoms with van der Waals surface area (Å²) in [6.07, 6.45) is 0.412. The van der Waals surface area contributed by atoms with Crippen LogP contribution in [0.3, 0.4) is 0 Å². The van der Waals surface area contributed by atoms with Crippen LogP contribution in [0.4, 0.5) is 13.2 Å². The van der Waals surface area contributed by atoms with Gasteiger partial charge < -0.3 is 10.1 Å². The molecule has 1 atom stereocenters. The summed E-state index contributed by atoms with van der Waals surface area (Å²) in [5.41, 5.74) is 0.936. The van der Waals surface area contributed by atoms with E-state index in [1.807, 2.05) is 0 Å². The first-order valence-electron chi connectivity index (χ1n) is 6.76. The van der Waals surface area contributed by atoms with Crippen molar-refractivity contribution in [3.8, 4) is 5.75 Å². The fraction of sp³-hybridized carbons (Fsp3) is 0.571. The Morgan fingerprint density at radius 1 is 1.14 bits per heavy atom. The van der Waals surface area contributed by atoms with E-state index >= 15 is 0 Å². The summed E-state index contributed by atoms with van der Waals surface area (Å²) in [6, 6.07) is 6.48. The van der Waals surface area contributed by atoms with Crippen LogP contribution in [-0.4, -0.2) is 44.4 Å². The minimum absolute atomic E-state index is 0. The number of rotatable bonds is 6. The number of hydrogen-bond donors (Lipinski definition) is 1. The molecule has 0 saturated carbocycles. The summed E-state index contributed by atoms with van der Waals surface area (Å²) in [4.78, 5) is 2.22. The van der Waals surface area contributed by atoms with Crippen LogP contribution in [0.15, 0.2) is 24.3 Å². The first-order valence-corrected chi connectivity index (χ1v) is 6.76. The molecular weight excluding hydrogens is 305 g/mol. The molecule has 1 fully saturated rings. The van der Waals surface area contributed by atoms with Gasteiger partial charge in [-0.3, -0.25) is 9.29 Å². The topological polar surface area (TPSA) is 24.5 Å². The van der Waals surface area contributed by atoms with Crippen LogP contribution >= 0.6 is 12.4 Å². The van der Waals surface area contributed by atoms with Crippen molar-refractivity contribution in [2.45, 2.75) is 19.1 Å². The molecule has 0 bridgehead atoms. The quantitative estimate of drug-likeness (QED) is 0.870. The first-order chi connectivity index (χ1) is 9.70. The summed E-state index contributed by atoms with van der Waals surface area (Å²) in [7, 11) is 0. The summed E-state index contributed by atoms with van der Waals surface area (Å²) >= 11 is 0. The number of nitrogens with one attached hydrogen (secondary N) is 1. The second-order valence-corrected chi connectivity index (χ2v) is 4.73. The van der Waals surface area contributed by atoms with Crippen molar-refractivity contribution in [2.24, 2.45) is 0 Å². The lowest BCUT2D eigenvalue weighted by molar-refractivity contribution is -0.0498. The van der Waals surface area contributed by atoms with Gasteiger partial charge in [-0.2, -0.15) is 8.78 Å². The second kappa shape index (κ2) is 9.12. The highest BCUT2D eigenvalue weighted by Crippen LogP contribution is 2.27. The van der Waals surface area contributed by atoms with Gasteiger partial charge in [-0.15, -0.1) is 12.4 Å². The van der Waals surface area contributed by atoms with Gasteiger partial charge in [0.25, 0.3) is 0 Å². The Morgan fingerprint density at radius 3 is 2.29 bits per heavy atom. The molecule has 1 aliphatic heterocycles. The Labute approximate surface area is 128 Å². The fourth-order valence-corrected chi connectivity index (χ4v) is 2.53. The molecule has 0 aliphatic carbocycles. The highest BCUT2D eigenvalue weighted by atomic mass is 35.5. The van der Waals surface area contributed by atoms with Crippen LogP contribution in [-0.2, 0) is 0 Å². The first kappa shape index (κ1) is 18.1. The number of ether oxygens (including phenoxy) is 1. The zero-order valence-electron chi connectivity index (χ0n) is 11.6. The summed E-state index contributed by atoms with van der Waals surface area (Å²) in [6.45, 7) is 0.268. The van der Waals surface area contributed by atoms with Gasteiger partial charge in [0.15, 0.2) is 0 Å². The maximum Gasteiger partial charge on any atom is 0.387 e. The van der Waals surface area contributed by atoms with Gasteiger partial charge in [0, 0.05) is 32.2 Å². The molecule has 7 heteroatoms. The number of nitrogens with zero attached hydrogens (tertiary/aromatic N) is 1. The van der Waals surface area contributed by atoms with Gasteiger partial charge in [-0.05, 0) is 24.1 Å². The lowest BCUT2D eigenvalue weighted by Crippen LogP contribution is -2.45. The van der Waals surface area contributed by atoms with E-state index in [4.69, 9.17) is 0 Å². The SMILES string of the molecule is Cl.FCC[C@H](c1ccc(OC(F)F)cc1)N1CCNCC1. The van der Waals surface area contributed by atoms with Gasteiger partial charge in [-0.1, -0.05) is 12.1 Å². The van der Waals surface area contributed by atoms with E-state index in [1.165, 1.54) is 12.1 Å². The van der Waals surface area contributed by atoms with E-state index in [-0.39, 0.29) is 24.2 Å². The number of hydrogen-bond acceptors (Lipinski definition) is 3. The number of alkyl halides is 3. The molecule has 1 aromatic carbocycles. The zero-order chi connectivity index (χ0) is 14.4. The maximum absolute atomic E-state index is 12.8. The van der Waals surface area contributed by atoms with Gasteiger partial charge in [0.05, 0.1) is 6.67 Å². The number of halogens is 4. The third-order valence-corrected chi connectivity index (χ3v) is 3.46. The molecule has 120 valence electrons. The number of benzene rings is 1. The largest absolute Gasteiger partial charge is 0.435 e. The lowest BCUT2D eigenvalue weighted by Gasteiger charge is -2.35. The number of piperazine rings is 1. The predicted molar refractivity (Wildman–Crippen MR) is 78.1 cm³/mol. The Morgan fingerprint density at radius 2 is 1.76 bits per heavy atom. The van der Waals surface area contributed by atoms with Crippen molar-refractivity contribution in [1.82, 2.24) is 10.2 Å². The van der Waals surface area contributed by atoms with Crippen molar-refractivity contribution >= 4 is 12.4 Å². The van der Waals surface area contributed by atoms with E-state index in [1.54, 1.807) is 12.1 Å². The van der Waals surface area contributed by atoms with Crippen LogP contribution in [0.1, 0.15) is 18.0 Å². The molecule has 1 aromatic rings. The average Bonchev–Trinajstić information content (AvgIpc) is 2.46. The van der Waals surface area contributed by atoms with Crippen LogP contribution in [0.5, 0.6) is 5.75 Å². The van der Waals surface area contributed by atoms with Crippen molar-refractivity contribution in [3.05, 3.63) is 29.8 Å². The maximum atomic E-state index is 12.8. The second-order valence-electron chi connectivity index (χ2n) is 4.73. The Balaban J connectivity index is 0.00000220. The Kier molecular flexibility index (Phi) is 7.85. The lowest BCUT2D eigenvalue weighted by atomic mass is 10.0. The van der Waals surface area contributed by atoms with Crippen LogP contribution < -0.4 is 10.1 Å². The summed E-state index contributed by atoms with van der Waals surface area (Å²) in [5, 5.41) is 3.26. The molecule has 1 saturated heterocycles.